The standard InChI is InChI=1S/C32H36N6O5/c1-2-43-32(42)36-14-10-25(11-15-36)34-31(41)23-6-7-28(26(17-23)35-30(40)22-8-12-33-13-9-22)37-18-21-16-24(20-37)27-4-3-5-29(39)38(27)19-21/h3-9,12-13,17,21,24-25H,2,10-11,14-16,18-20H2,1H3,(H,34,41)(H,35,40)/t21-,24+/m1/s1. The predicted octanol–water partition coefficient (Wildman–Crippen LogP) is 3.47. The molecule has 43 heavy (non-hydrogen) atoms. The normalized spacial score (nSPS) is 19.7. The molecule has 0 aliphatic carbocycles. The Morgan fingerprint density at radius 2 is 1.74 bits per heavy atom. The minimum atomic E-state index is -0.324. The van der Waals surface area contributed by atoms with Crippen molar-refractivity contribution in [2.75, 3.05) is 43.0 Å². The Labute approximate surface area is 249 Å². The lowest BCUT2D eigenvalue weighted by atomic mass is 9.83. The fraction of sp³-hybridized carbons (Fsp3) is 0.406. The number of piperidine rings is 2. The Balaban J connectivity index is 1.22. The third kappa shape index (κ3) is 6.11. The Morgan fingerprint density at radius 1 is 0.953 bits per heavy atom. The Kier molecular flexibility index (Phi) is 8.13. The van der Waals surface area contributed by atoms with Crippen LogP contribution >= 0.6 is 0 Å². The maximum absolute atomic E-state index is 13.4. The first kappa shape index (κ1) is 28.4. The highest BCUT2D eigenvalue weighted by Crippen LogP contribution is 2.39. The molecule has 0 unspecified atom stereocenters. The second-order valence-electron chi connectivity index (χ2n) is 11.5. The van der Waals surface area contributed by atoms with Gasteiger partial charge in [-0.2, -0.15) is 0 Å². The van der Waals surface area contributed by atoms with Gasteiger partial charge < -0.3 is 29.7 Å². The summed E-state index contributed by atoms with van der Waals surface area (Å²) < 4.78 is 6.99. The van der Waals surface area contributed by atoms with E-state index in [0.717, 1.165) is 24.3 Å². The maximum atomic E-state index is 13.4. The van der Waals surface area contributed by atoms with E-state index in [1.165, 1.54) is 0 Å². The number of nitrogens with one attached hydrogen (secondary N) is 2. The van der Waals surface area contributed by atoms with Gasteiger partial charge in [0, 0.05) is 80.0 Å². The molecule has 2 bridgehead atoms. The third-order valence-corrected chi connectivity index (χ3v) is 8.63. The van der Waals surface area contributed by atoms with E-state index in [9.17, 15) is 19.2 Å². The van der Waals surface area contributed by atoms with Crippen molar-refractivity contribution in [2.24, 2.45) is 5.92 Å². The van der Waals surface area contributed by atoms with Crippen molar-refractivity contribution in [2.45, 2.75) is 44.7 Å². The van der Waals surface area contributed by atoms with Crippen LogP contribution in [0.4, 0.5) is 16.2 Å². The molecule has 2 fully saturated rings. The molecule has 6 rings (SSSR count). The van der Waals surface area contributed by atoms with Crippen LogP contribution in [0.2, 0.25) is 0 Å². The number of hydrogen-bond acceptors (Lipinski definition) is 7. The van der Waals surface area contributed by atoms with E-state index >= 15 is 0 Å². The number of pyridine rings is 2. The van der Waals surface area contributed by atoms with Crippen LogP contribution in [-0.4, -0.2) is 71.2 Å². The second kappa shape index (κ2) is 12.3. The first-order chi connectivity index (χ1) is 20.9. The summed E-state index contributed by atoms with van der Waals surface area (Å²) in [5, 5.41) is 6.15. The Morgan fingerprint density at radius 3 is 2.51 bits per heavy atom. The lowest BCUT2D eigenvalue weighted by Gasteiger charge is -2.44. The van der Waals surface area contributed by atoms with E-state index in [4.69, 9.17) is 4.74 Å². The van der Waals surface area contributed by atoms with Crippen molar-refractivity contribution in [1.82, 2.24) is 19.8 Å². The topological polar surface area (TPSA) is 126 Å². The number of ether oxygens (including phenoxy) is 1. The second-order valence-corrected chi connectivity index (χ2v) is 11.5. The molecule has 3 aliphatic heterocycles. The van der Waals surface area contributed by atoms with E-state index in [-0.39, 0.29) is 35.4 Å². The molecular formula is C32H36N6O5. The van der Waals surface area contributed by atoms with Crippen LogP contribution in [0.3, 0.4) is 0 Å². The molecule has 11 nitrogen and oxygen atoms in total. The SMILES string of the molecule is CCOC(=O)N1CCC(NC(=O)c2ccc(N3C[C@H]4C[C@@H](C3)c3cccc(=O)n3C4)c(NC(=O)c3ccncc3)c2)CC1. The van der Waals surface area contributed by atoms with Crippen molar-refractivity contribution in [1.29, 1.82) is 0 Å². The highest BCUT2D eigenvalue weighted by molar-refractivity contribution is 6.07. The molecule has 2 saturated heterocycles. The number of hydrogen-bond donors (Lipinski definition) is 2. The first-order valence-corrected chi connectivity index (χ1v) is 14.9. The van der Waals surface area contributed by atoms with Gasteiger partial charge >= 0.3 is 6.09 Å². The Bertz CT molecular complexity index is 1570. The number of anilines is 2. The van der Waals surface area contributed by atoms with Crippen molar-refractivity contribution in [3.05, 3.63) is 88.1 Å². The summed E-state index contributed by atoms with van der Waals surface area (Å²) in [6.07, 6.45) is 5.09. The van der Waals surface area contributed by atoms with E-state index in [1.807, 2.05) is 22.8 Å². The van der Waals surface area contributed by atoms with Gasteiger partial charge in [-0.25, -0.2) is 4.79 Å². The summed E-state index contributed by atoms with van der Waals surface area (Å²) in [7, 11) is 0. The van der Waals surface area contributed by atoms with Crippen molar-refractivity contribution in [3.63, 3.8) is 0 Å². The lowest BCUT2D eigenvalue weighted by Crippen LogP contribution is -2.47. The monoisotopic (exact) mass is 584 g/mol. The minimum Gasteiger partial charge on any atom is -0.450 e. The van der Waals surface area contributed by atoms with E-state index in [0.29, 0.717) is 68.4 Å². The number of nitrogens with zero attached hydrogens (tertiary/aromatic N) is 4. The number of carbonyl (C=O) groups excluding carboxylic acids is 3. The quantitative estimate of drug-likeness (QED) is 0.455. The molecule has 0 saturated carbocycles. The van der Waals surface area contributed by atoms with E-state index in [1.54, 1.807) is 54.5 Å². The first-order valence-electron chi connectivity index (χ1n) is 14.9. The van der Waals surface area contributed by atoms with Gasteiger partial charge in [0.25, 0.3) is 17.4 Å². The zero-order chi connectivity index (χ0) is 29.9. The summed E-state index contributed by atoms with van der Waals surface area (Å²) in [6, 6.07) is 14.1. The molecule has 1 aromatic carbocycles. The molecule has 2 atom stereocenters. The molecule has 224 valence electrons. The highest BCUT2D eigenvalue weighted by Gasteiger charge is 2.35. The zero-order valence-electron chi connectivity index (χ0n) is 24.2. The molecule has 3 aliphatic rings. The van der Waals surface area contributed by atoms with Crippen LogP contribution in [0, 0.1) is 5.92 Å². The molecule has 0 spiro atoms. The van der Waals surface area contributed by atoms with Crippen LogP contribution in [0.5, 0.6) is 0 Å². The molecule has 3 aromatic rings. The van der Waals surface area contributed by atoms with E-state index < -0.39 is 0 Å². The maximum Gasteiger partial charge on any atom is 0.409 e. The molecular weight excluding hydrogens is 548 g/mol. The average Bonchev–Trinajstić information content (AvgIpc) is 3.02. The predicted molar refractivity (Wildman–Crippen MR) is 161 cm³/mol. The van der Waals surface area contributed by atoms with Gasteiger partial charge in [-0.15, -0.1) is 0 Å². The number of fused-ring (bicyclic) bond motifs is 4. The smallest absolute Gasteiger partial charge is 0.409 e. The number of rotatable bonds is 6. The number of likely N-dealkylation sites (tertiary alicyclic amines) is 1. The molecule has 0 radical (unpaired) electrons. The van der Waals surface area contributed by atoms with Gasteiger partial charge in [0.15, 0.2) is 0 Å². The summed E-state index contributed by atoms with van der Waals surface area (Å²) >= 11 is 0. The van der Waals surface area contributed by atoms with Crippen LogP contribution in [0.15, 0.2) is 65.7 Å². The molecule has 11 heteroatoms. The fourth-order valence-electron chi connectivity index (χ4n) is 6.53. The summed E-state index contributed by atoms with van der Waals surface area (Å²) in [4.78, 5) is 59.1. The number of carbonyl (C=O) groups is 3. The van der Waals surface area contributed by atoms with Gasteiger partial charge in [-0.05, 0) is 68.5 Å². The number of benzene rings is 1. The minimum absolute atomic E-state index is 0.0351. The van der Waals surface area contributed by atoms with Crippen molar-refractivity contribution >= 4 is 29.3 Å². The van der Waals surface area contributed by atoms with Crippen molar-refractivity contribution in [3.8, 4) is 0 Å². The molecule has 2 N–H and O–H groups in total. The summed E-state index contributed by atoms with van der Waals surface area (Å²) in [5.41, 5.74) is 3.37. The molecule has 5 heterocycles. The van der Waals surface area contributed by atoms with Crippen LogP contribution < -0.4 is 21.1 Å². The Hall–Kier alpha value is -4.67. The third-order valence-electron chi connectivity index (χ3n) is 8.63. The average molecular weight is 585 g/mol. The van der Waals surface area contributed by atoms with Gasteiger partial charge in [0.1, 0.15) is 0 Å². The van der Waals surface area contributed by atoms with Crippen LogP contribution in [0.25, 0.3) is 0 Å². The van der Waals surface area contributed by atoms with Gasteiger partial charge in [0.05, 0.1) is 18.0 Å². The van der Waals surface area contributed by atoms with Gasteiger partial charge in [0.2, 0.25) is 0 Å². The molecule has 2 aromatic heterocycles. The molecule has 3 amide bonds. The lowest BCUT2D eigenvalue weighted by molar-refractivity contribution is 0.0859. The fourth-order valence-corrected chi connectivity index (χ4v) is 6.53. The van der Waals surface area contributed by atoms with Crippen LogP contribution in [0.1, 0.15) is 58.5 Å². The number of aromatic nitrogens is 2. The highest BCUT2D eigenvalue weighted by atomic mass is 16.6. The van der Waals surface area contributed by atoms with Crippen molar-refractivity contribution < 1.29 is 19.1 Å². The summed E-state index contributed by atoms with van der Waals surface area (Å²) in [6.45, 7) is 5.24. The van der Waals surface area contributed by atoms with Crippen LogP contribution in [-0.2, 0) is 11.3 Å². The number of amides is 3. The summed E-state index contributed by atoms with van der Waals surface area (Å²) in [5.74, 6) is -0.0434. The van der Waals surface area contributed by atoms with Gasteiger partial charge in [-0.1, -0.05) is 6.07 Å². The largest absolute Gasteiger partial charge is 0.450 e. The van der Waals surface area contributed by atoms with E-state index in [2.05, 4.69) is 20.5 Å². The zero-order valence-corrected chi connectivity index (χ0v) is 24.2. The van der Waals surface area contributed by atoms with Gasteiger partial charge in [-0.3, -0.25) is 19.4 Å².